The summed E-state index contributed by atoms with van der Waals surface area (Å²) in [6, 6.07) is 8.29. The summed E-state index contributed by atoms with van der Waals surface area (Å²) in [5, 5.41) is 4.22. The number of amides is 1. The van der Waals surface area contributed by atoms with Gasteiger partial charge in [-0.2, -0.15) is 0 Å². The summed E-state index contributed by atoms with van der Waals surface area (Å²) in [6.45, 7) is 1.17. The second kappa shape index (κ2) is 6.89. The zero-order valence-electron chi connectivity index (χ0n) is 10.8. The molecule has 0 saturated heterocycles. The lowest BCUT2D eigenvalue weighted by Crippen LogP contribution is -2.28. The average molecular weight is 283 g/mol. The molecule has 1 unspecified atom stereocenters. The molecule has 3 N–H and O–H groups in total. The van der Waals surface area contributed by atoms with E-state index in [4.69, 9.17) is 22.1 Å². The zero-order chi connectivity index (χ0) is 13.7. The highest BCUT2D eigenvalue weighted by atomic mass is 35.5. The van der Waals surface area contributed by atoms with Crippen LogP contribution in [0.25, 0.3) is 0 Å². The van der Waals surface area contributed by atoms with E-state index in [1.807, 2.05) is 12.1 Å². The van der Waals surface area contributed by atoms with Crippen molar-refractivity contribution in [2.75, 3.05) is 19.8 Å². The van der Waals surface area contributed by atoms with E-state index in [-0.39, 0.29) is 6.61 Å². The molecule has 0 spiro atoms. The Morgan fingerprint density at radius 2 is 2.11 bits per heavy atom. The highest BCUT2D eigenvalue weighted by Gasteiger charge is 2.31. The number of nitrogens with two attached hydrogens (primary N) is 1. The molecule has 0 heterocycles. The molecule has 5 heteroatoms. The Labute approximate surface area is 118 Å². The van der Waals surface area contributed by atoms with Crippen molar-refractivity contribution in [3.63, 3.8) is 0 Å². The molecule has 1 aromatic carbocycles. The maximum Gasteiger partial charge on any atom is 0.243 e. The third-order valence-corrected chi connectivity index (χ3v) is 3.43. The van der Waals surface area contributed by atoms with Gasteiger partial charge in [-0.3, -0.25) is 4.79 Å². The van der Waals surface area contributed by atoms with Crippen molar-refractivity contribution >= 4 is 17.5 Å². The lowest BCUT2D eigenvalue weighted by Gasteiger charge is -2.18. The van der Waals surface area contributed by atoms with Gasteiger partial charge in [0.05, 0.1) is 6.61 Å². The molecule has 19 heavy (non-hydrogen) atoms. The fourth-order valence-electron chi connectivity index (χ4n) is 2.12. The van der Waals surface area contributed by atoms with Gasteiger partial charge in [-0.1, -0.05) is 23.7 Å². The molecule has 1 aliphatic rings. The first-order chi connectivity index (χ1) is 9.16. The SMILES string of the molecule is NC(=O)COCCNC(c1ccc(Cl)cc1)C1CC1. The van der Waals surface area contributed by atoms with Gasteiger partial charge in [0.2, 0.25) is 5.91 Å². The van der Waals surface area contributed by atoms with Gasteiger partial charge in [0.1, 0.15) is 6.61 Å². The summed E-state index contributed by atoms with van der Waals surface area (Å²) in [4.78, 5) is 10.5. The van der Waals surface area contributed by atoms with Crippen LogP contribution in [0, 0.1) is 5.92 Å². The molecule has 1 aliphatic carbocycles. The standard InChI is InChI=1S/C14H19ClN2O2/c15-12-5-3-11(4-6-12)14(10-1-2-10)17-7-8-19-9-13(16)18/h3-6,10,14,17H,1-2,7-9H2,(H2,16,18). The minimum atomic E-state index is -0.434. The molecular formula is C14H19ClN2O2. The van der Waals surface area contributed by atoms with Crippen LogP contribution < -0.4 is 11.1 Å². The molecule has 1 fully saturated rings. The molecule has 2 rings (SSSR count). The maximum atomic E-state index is 10.5. The quantitative estimate of drug-likeness (QED) is 0.716. The predicted molar refractivity (Wildman–Crippen MR) is 74.9 cm³/mol. The van der Waals surface area contributed by atoms with Crippen LogP contribution in [-0.2, 0) is 9.53 Å². The number of ether oxygens (including phenoxy) is 1. The van der Waals surface area contributed by atoms with Crippen LogP contribution in [0.3, 0.4) is 0 Å². The van der Waals surface area contributed by atoms with Crippen molar-refractivity contribution in [2.45, 2.75) is 18.9 Å². The Kier molecular flexibility index (Phi) is 5.19. The van der Waals surface area contributed by atoms with E-state index in [1.54, 1.807) is 0 Å². The smallest absolute Gasteiger partial charge is 0.243 e. The predicted octanol–water partition coefficient (Wildman–Crippen LogP) is 1.88. The van der Waals surface area contributed by atoms with Crippen molar-refractivity contribution in [3.8, 4) is 0 Å². The Hall–Kier alpha value is -1.10. The fourth-order valence-corrected chi connectivity index (χ4v) is 2.24. The normalized spacial score (nSPS) is 16.3. The van der Waals surface area contributed by atoms with Crippen LogP contribution in [-0.4, -0.2) is 25.7 Å². The molecule has 0 radical (unpaired) electrons. The van der Waals surface area contributed by atoms with Gasteiger partial charge >= 0.3 is 0 Å². The molecule has 0 aliphatic heterocycles. The van der Waals surface area contributed by atoms with Crippen molar-refractivity contribution in [3.05, 3.63) is 34.9 Å². The fraction of sp³-hybridized carbons (Fsp3) is 0.500. The number of benzene rings is 1. The number of primary amides is 1. The highest BCUT2D eigenvalue weighted by molar-refractivity contribution is 6.30. The Morgan fingerprint density at radius 1 is 1.42 bits per heavy atom. The molecule has 0 bridgehead atoms. The van der Waals surface area contributed by atoms with Gasteiger partial charge in [-0.25, -0.2) is 0 Å². The molecule has 1 aromatic rings. The van der Waals surface area contributed by atoms with Gasteiger partial charge in [0, 0.05) is 17.6 Å². The molecule has 1 saturated carbocycles. The van der Waals surface area contributed by atoms with Crippen LogP contribution in [0.4, 0.5) is 0 Å². The van der Waals surface area contributed by atoms with Gasteiger partial charge < -0.3 is 15.8 Å². The van der Waals surface area contributed by atoms with E-state index in [0.29, 0.717) is 25.1 Å². The van der Waals surface area contributed by atoms with E-state index in [2.05, 4.69) is 17.4 Å². The van der Waals surface area contributed by atoms with Crippen LogP contribution >= 0.6 is 11.6 Å². The summed E-state index contributed by atoms with van der Waals surface area (Å²) in [5.41, 5.74) is 6.25. The summed E-state index contributed by atoms with van der Waals surface area (Å²) < 4.78 is 5.14. The average Bonchev–Trinajstić information content (AvgIpc) is 3.19. The van der Waals surface area contributed by atoms with E-state index in [0.717, 1.165) is 5.02 Å². The topological polar surface area (TPSA) is 64.4 Å². The number of carbonyl (C=O) groups excluding carboxylic acids is 1. The number of rotatable bonds is 8. The van der Waals surface area contributed by atoms with Crippen molar-refractivity contribution in [1.29, 1.82) is 0 Å². The molecule has 4 nitrogen and oxygen atoms in total. The second-order valence-electron chi connectivity index (χ2n) is 4.84. The monoisotopic (exact) mass is 282 g/mol. The first-order valence-electron chi connectivity index (χ1n) is 6.51. The van der Waals surface area contributed by atoms with Gasteiger partial charge in [-0.05, 0) is 36.5 Å². The summed E-state index contributed by atoms with van der Waals surface area (Å²) in [6.07, 6.45) is 2.50. The summed E-state index contributed by atoms with van der Waals surface area (Å²) in [5.74, 6) is 0.258. The maximum absolute atomic E-state index is 10.5. The number of hydrogen-bond donors (Lipinski definition) is 2. The molecule has 0 aromatic heterocycles. The first kappa shape index (κ1) is 14.3. The second-order valence-corrected chi connectivity index (χ2v) is 5.28. The zero-order valence-corrected chi connectivity index (χ0v) is 11.5. The van der Waals surface area contributed by atoms with Crippen LogP contribution in [0.5, 0.6) is 0 Å². The van der Waals surface area contributed by atoms with Crippen LogP contribution in [0.15, 0.2) is 24.3 Å². The van der Waals surface area contributed by atoms with E-state index >= 15 is 0 Å². The van der Waals surface area contributed by atoms with Crippen LogP contribution in [0.2, 0.25) is 5.02 Å². The number of halogens is 1. The number of hydrogen-bond acceptors (Lipinski definition) is 3. The molecular weight excluding hydrogens is 264 g/mol. The third-order valence-electron chi connectivity index (χ3n) is 3.18. The van der Waals surface area contributed by atoms with E-state index < -0.39 is 5.91 Å². The van der Waals surface area contributed by atoms with Crippen LogP contribution in [0.1, 0.15) is 24.4 Å². The Bertz CT molecular complexity index is 418. The van der Waals surface area contributed by atoms with E-state index in [9.17, 15) is 4.79 Å². The largest absolute Gasteiger partial charge is 0.370 e. The van der Waals surface area contributed by atoms with Crippen molar-refractivity contribution in [2.24, 2.45) is 11.7 Å². The molecule has 1 amide bonds. The van der Waals surface area contributed by atoms with Crippen molar-refractivity contribution < 1.29 is 9.53 Å². The minimum Gasteiger partial charge on any atom is -0.370 e. The Balaban J connectivity index is 1.80. The highest BCUT2D eigenvalue weighted by Crippen LogP contribution is 2.41. The lowest BCUT2D eigenvalue weighted by atomic mass is 10.0. The summed E-state index contributed by atoms with van der Waals surface area (Å²) in [7, 11) is 0. The van der Waals surface area contributed by atoms with Gasteiger partial charge in [-0.15, -0.1) is 0 Å². The first-order valence-corrected chi connectivity index (χ1v) is 6.89. The number of carbonyl (C=O) groups is 1. The van der Waals surface area contributed by atoms with Crippen molar-refractivity contribution in [1.82, 2.24) is 5.32 Å². The third kappa shape index (κ3) is 4.82. The lowest BCUT2D eigenvalue weighted by molar-refractivity contribution is -0.122. The molecule has 1 atom stereocenters. The Morgan fingerprint density at radius 3 is 2.68 bits per heavy atom. The number of nitrogens with one attached hydrogen (secondary N) is 1. The van der Waals surface area contributed by atoms with Gasteiger partial charge in [0.25, 0.3) is 0 Å². The van der Waals surface area contributed by atoms with E-state index in [1.165, 1.54) is 18.4 Å². The van der Waals surface area contributed by atoms with Gasteiger partial charge in [0.15, 0.2) is 0 Å². The molecule has 104 valence electrons. The summed E-state index contributed by atoms with van der Waals surface area (Å²) >= 11 is 5.90. The minimum absolute atomic E-state index is 0.0171.